The maximum absolute atomic E-state index is 12.2. The zero-order valence-corrected chi connectivity index (χ0v) is 18.1. The van der Waals surface area contributed by atoms with Gasteiger partial charge >= 0.3 is 11.9 Å². The molecule has 0 radical (unpaired) electrons. The molecule has 164 valence electrons. The van der Waals surface area contributed by atoms with Crippen molar-refractivity contribution in [2.45, 2.75) is 26.3 Å². The SMILES string of the molecule is CCC(C)C(/N=C/c1ccc(OC(=O)/C=C/c2ccc(OC)cc2)c(OC)c1)C(=O)O. The van der Waals surface area contributed by atoms with E-state index in [1.807, 2.05) is 26.0 Å². The van der Waals surface area contributed by atoms with Crippen LogP contribution in [0.5, 0.6) is 17.2 Å². The highest BCUT2D eigenvalue weighted by atomic mass is 16.6. The molecule has 31 heavy (non-hydrogen) atoms. The molecule has 0 aliphatic heterocycles. The molecule has 2 unspecified atom stereocenters. The van der Waals surface area contributed by atoms with E-state index in [0.717, 1.165) is 11.3 Å². The molecule has 0 amide bonds. The summed E-state index contributed by atoms with van der Waals surface area (Å²) in [4.78, 5) is 27.8. The Kier molecular flexibility index (Phi) is 8.81. The third-order valence-corrected chi connectivity index (χ3v) is 4.75. The maximum Gasteiger partial charge on any atom is 0.336 e. The van der Waals surface area contributed by atoms with Crippen LogP contribution in [0.4, 0.5) is 0 Å². The Morgan fingerprint density at radius 2 is 1.71 bits per heavy atom. The zero-order chi connectivity index (χ0) is 22.8. The number of carbonyl (C=O) groups is 2. The lowest BCUT2D eigenvalue weighted by Crippen LogP contribution is -2.25. The number of esters is 1. The second-order valence-corrected chi connectivity index (χ2v) is 6.88. The number of hydrogen-bond donors (Lipinski definition) is 1. The predicted octanol–water partition coefficient (Wildman–Crippen LogP) is 4.24. The van der Waals surface area contributed by atoms with Crippen molar-refractivity contribution in [3.05, 3.63) is 59.7 Å². The number of aliphatic imine (C=N–C) groups is 1. The Balaban J connectivity index is 2.09. The van der Waals surface area contributed by atoms with Gasteiger partial charge in [-0.1, -0.05) is 32.4 Å². The van der Waals surface area contributed by atoms with Gasteiger partial charge in [0.2, 0.25) is 0 Å². The molecule has 2 rings (SSSR count). The first-order valence-corrected chi connectivity index (χ1v) is 9.85. The average Bonchev–Trinajstić information content (AvgIpc) is 2.78. The van der Waals surface area contributed by atoms with Gasteiger partial charge in [-0.05, 0) is 53.5 Å². The topological polar surface area (TPSA) is 94.4 Å². The van der Waals surface area contributed by atoms with E-state index >= 15 is 0 Å². The van der Waals surface area contributed by atoms with Crippen LogP contribution in [0.3, 0.4) is 0 Å². The zero-order valence-electron chi connectivity index (χ0n) is 18.1. The van der Waals surface area contributed by atoms with Crippen molar-refractivity contribution >= 4 is 24.2 Å². The summed E-state index contributed by atoms with van der Waals surface area (Å²) in [5.41, 5.74) is 1.46. The van der Waals surface area contributed by atoms with E-state index in [1.165, 1.54) is 19.4 Å². The van der Waals surface area contributed by atoms with Crippen molar-refractivity contribution in [3.63, 3.8) is 0 Å². The minimum Gasteiger partial charge on any atom is -0.497 e. The lowest BCUT2D eigenvalue weighted by molar-refractivity contribution is -0.139. The minimum atomic E-state index is -0.966. The summed E-state index contributed by atoms with van der Waals surface area (Å²) in [5.74, 6) is -0.295. The van der Waals surface area contributed by atoms with Crippen molar-refractivity contribution in [2.75, 3.05) is 14.2 Å². The fourth-order valence-electron chi connectivity index (χ4n) is 2.71. The molecule has 2 aromatic rings. The van der Waals surface area contributed by atoms with Crippen molar-refractivity contribution in [3.8, 4) is 17.2 Å². The summed E-state index contributed by atoms with van der Waals surface area (Å²) in [7, 11) is 3.04. The lowest BCUT2D eigenvalue weighted by Gasteiger charge is -2.14. The summed E-state index contributed by atoms with van der Waals surface area (Å²) in [6.45, 7) is 3.77. The van der Waals surface area contributed by atoms with Gasteiger partial charge in [-0.2, -0.15) is 0 Å². The van der Waals surface area contributed by atoms with Gasteiger partial charge in [-0.25, -0.2) is 9.59 Å². The molecule has 0 fully saturated rings. The van der Waals surface area contributed by atoms with E-state index in [-0.39, 0.29) is 11.7 Å². The Hall–Kier alpha value is -3.61. The largest absolute Gasteiger partial charge is 0.497 e. The van der Waals surface area contributed by atoms with Crippen LogP contribution in [0, 0.1) is 5.92 Å². The Labute approximate surface area is 182 Å². The van der Waals surface area contributed by atoms with Crippen LogP contribution >= 0.6 is 0 Å². The summed E-state index contributed by atoms with van der Waals surface area (Å²) >= 11 is 0. The van der Waals surface area contributed by atoms with Gasteiger partial charge in [-0.3, -0.25) is 4.99 Å². The van der Waals surface area contributed by atoms with Crippen LogP contribution < -0.4 is 14.2 Å². The molecule has 2 atom stereocenters. The van der Waals surface area contributed by atoms with Gasteiger partial charge in [0.1, 0.15) is 11.8 Å². The van der Waals surface area contributed by atoms with Crippen LogP contribution in [0.1, 0.15) is 31.4 Å². The molecule has 0 heterocycles. The highest BCUT2D eigenvalue weighted by molar-refractivity contribution is 5.89. The lowest BCUT2D eigenvalue weighted by atomic mass is 10.00. The second-order valence-electron chi connectivity index (χ2n) is 6.88. The molecule has 1 N–H and O–H groups in total. The van der Waals surface area contributed by atoms with Crippen LogP contribution in [-0.4, -0.2) is 43.5 Å². The first-order valence-electron chi connectivity index (χ1n) is 9.85. The van der Waals surface area contributed by atoms with Crippen molar-refractivity contribution in [2.24, 2.45) is 10.9 Å². The van der Waals surface area contributed by atoms with Crippen molar-refractivity contribution in [1.82, 2.24) is 0 Å². The Morgan fingerprint density at radius 3 is 2.29 bits per heavy atom. The maximum atomic E-state index is 12.2. The van der Waals surface area contributed by atoms with Gasteiger partial charge in [-0.15, -0.1) is 0 Å². The smallest absolute Gasteiger partial charge is 0.336 e. The molecular formula is C24H27NO6. The monoisotopic (exact) mass is 425 g/mol. The fraction of sp³-hybridized carbons (Fsp3) is 0.292. The standard InChI is InChI=1S/C24H27NO6/c1-5-16(2)23(24(27)28)25-15-18-8-12-20(21(14-18)30-4)31-22(26)13-9-17-6-10-19(29-3)11-7-17/h6-16,23H,5H2,1-4H3,(H,27,28)/b13-9+,25-15+. The summed E-state index contributed by atoms with van der Waals surface area (Å²) in [5, 5.41) is 9.35. The van der Waals surface area contributed by atoms with Crippen molar-refractivity contribution < 1.29 is 28.9 Å². The highest BCUT2D eigenvalue weighted by Gasteiger charge is 2.21. The van der Waals surface area contributed by atoms with E-state index in [4.69, 9.17) is 14.2 Å². The van der Waals surface area contributed by atoms with Crippen molar-refractivity contribution in [1.29, 1.82) is 0 Å². The third-order valence-electron chi connectivity index (χ3n) is 4.75. The summed E-state index contributed by atoms with van der Waals surface area (Å²) in [6.07, 6.45) is 5.15. The van der Waals surface area contributed by atoms with Crippen LogP contribution in [-0.2, 0) is 9.59 Å². The second kappa shape index (κ2) is 11.5. The van der Waals surface area contributed by atoms with Gasteiger partial charge in [0.15, 0.2) is 11.5 Å². The number of nitrogens with zero attached hydrogens (tertiary/aromatic N) is 1. The number of hydrogen-bond acceptors (Lipinski definition) is 6. The summed E-state index contributed by atoms with van der Waals surface area (Å²) < 4.78 is 15.8. The molecule has 0 aliphatic rings. The van der Waals surface area contributed by atoms with E-state index in [9.17, 15) is 14.7 Å². The first kappa shape index (κ1) is 23.7. The fourth-order valence-corrected chi connectivity index (χ4v) is 2.71. The average molecular weight is 425 g/mol. The minimum absolute atomic E-state index is 0.0895. The predicted molar refractivity (Wildman–Crippen MR) is 119 cm³/mol. The van der Waals surface area contributed by atoms with Gasteiger partial charge in [0, 0.05) is 12.3 Å². The number of aliphatic carboxylic acids is 1. The van der Waals surface area contributed by atoms with Crippen LogP contribution in [0.25, 0.3) is 6.08 Å². The molecule has 0 aromatic heterocycles. The molecule has 0 bridgehead atoms. The molecule has 0 spiro atoms. The molecule has 0 aliphatic carbocycles. The van der Waals surface area contributed by atoms with E-state index in [0.29, 0.717) is 17.7 Å². The van der Waals surface area contributed by atoms with E-state index in [2.05, 4.69) is 4.99 Å². The third kappa shape index (κ3) is 6.99. The summed E-state index contributed by atoms with van der Waals surface area (Å²) in [6, 6.07) is 11.3. The number of carboxylic acid groups (broad SMARTS) is 1. The molecule has 0 saturated carbocycles. The molecule has 0 saturated heterocycles. The van der Waals surface area contributed by atoms with Crippen LogP contribution in [0.2, 0.25) is 0 Å². The number of methoxy groups -OCH3 is 2. The first-order chi connectivity index (χ1) is 14.9. The molecule has 2 aromatic carbocycles. The Bertz CT molecular complexity index is 949. The number of benzene rings is 2. The van der Waals surface area contributed by atoms with E-state index < -0.39 is 18.0 Å². The number of ether oxygens (including phenoxy) is 3. The van der Waals surface area contributed by atoms with Gasteiger partial charge in [0.05, 0.1) is 14.2 Å². The molecule has 7 heteroatoms. The van der Waals surface area contributed by atoms with Gasteiger partial charge < -0.3 is 19.3 Å². The number of rotatable bonds is 10. The normalized spacial score (nSPS) is 13.2. The van der Waals surface area contributed by atoms with Gasteiger partial charge in [0.25, 0.3) is 0 Å². The number of carbonyl (C=O) groups excluding carboxylic acids is 1. The van der Waals surface area contributed by atoms with Crippen LogP contribution in [0.15, 0.2) is 53.5 Å². The molecule has 7 nitrogen and oxygen atoms in total. The molecular weight excluding hydrogens is 398 g/mol. The highest BCUT2D eigenvalue weighted by Crippen LogP contribution is 2.28. The number of carboxylic acids is 1. The quantitative estimate of drug-likeness (QED) is 0.265. The van der Waals surface area contributed by atoms with E-state index in [1.54, 1.807) is 43.5 Å². The Morgan fingerprint density at radius 1 is 1.03 bits per heavy atom.